The van der Waals surface area contributed by atoms with Gasteiger partial charge in [-0.05, 0) is 88.8 Å². The van der Waals surface area contributed by atoms with Gasteiger partial charge in [0.15, 0.2) is 11.0 Å². The van der Waals surface area contributed by atoms with Crippen molar-refractivity contribution in [2.75, 3.05) is 25.1 Å². The molecule has 6 aliphatic rings. The standard InChI is InChI=1S/C45H53N7O7S2/c1-23-12-33(53)39-34(56-23)17-35-38(40(39)54)29-13-25(18-48-3)6-8-45-36(59-45)5-4-24-14-31(51-37(46)15-24)28-16-27(20-52-19-26-7-10-49-32(26)21-52)50-42(47)30(28)22-61-60-11-9-44(2,58-35)41(29)57-43(45)55/h7,10,12,14-17,19,21,25,27,29,31,36,41,48-51,54H,4-6,8-9,11,13,18,20,22,46-47H2,1-3H3/t25-,27?,29+,31?,36-,41-,44+,45+/m1/s1. The molecule has 2 fully saturated rings. The van der Waals surface area contributed by atoms with E-state index < -0.39 is 29.2 Å². The van der Waals surface area contributed by atoms with E-state index in [2.05, 4.69) is 56.1 Å². The SMILES string of the molecule is CNC[C@@H]1CC[C@]23O[C@@H]2CCC2=CC(NC(N)=C2)C2=CC(Cn4cc5cc[nH]c5c4)NC(N)=C2CSSCC[C@]2(C)Oc4cc5oc(C)cc(=O)c5c(O)c4[C@H](C1)[C@H]2OC3=O. The molecule has 4 aromatic rings. The van der Waals surface area contributed by atoms with Gasteiger partial charge in [0.05, 0.1) is 29.5 Å². The number of hydrogen-bond acceptors (Lipinski definition) is 14. The summed E-state index contributed by atoms with van der Waals surface area (Å²) in [5, 5.41) is 23.7. The molecule has 2 unspecified atom stereocenters. The van der Waals surface area contributed by atoms with Crippen molar-refractivity contribution < 1.29 is 28.5 Å². The highest BCUT2D eigenvalue weighted by molar-refractivity contribution is 8.76. The Hall–Kier alpha value is -4.90. The average Bonchev–Trinajstić information content (AvgIpc) is 3.50. The number of allylic oxidation sites excluding steroid dienone is 2. The van der Waals surface area contributed by atoms with Gasteiger partial charge in [0.1, 0.15) is 45.8 Å². The van der Waals surface area contributed by atoms with Crippen LogP contribution in [0.3, 0.4) is 0 Å². The first-order valence-corrected chi connectivity index (χ1v) is 23.7. The van der Waals surface area contributed by atoms with Gasteiger partial charge in [-0.25, -0.2) is 4.79 Å². The summed E-state index contributed by atoms with van der Waals surface area (Å²) in [6.45, 7) is 5.08. The minimum Gasteiger partial charge on any atom is -0.507 e. The van der Waals surface area contributed by atoms with E-state index in [-0.39, 0.29) is 46.3 Å². The predicted octanol–water partition coefficient (Wildman–Crippen LogP) is 5.43. The maximum Gasteiger partial charge on any atom is 0.341 e. The van der Waals surface area contributed by atoms with Crippen LogP contribution in [0.2, 0.25) is 0 Å². The topological polar surface area (TPSA) is 207 Å². The molecule has 3 aromatic heterocycles. The Kier molecular flexibility index (Phi) is 10.2. The summed E-state index contributed by atoms with van der Waals surface area (Å²) in [6, 6.07) is 4.91. The molecule has 6 aliphatic heterocycles. The van der Waals surface area contributed by atoms with Gasteiger partial charge in [-0.2, -0.15) is 0 Å². The van der Waals surface area contributed by atoms with Crippen molar-refractivity contribution in [1.82, 2.24) is 25.5 Å². The summed E-state index contributed by atoms with van der Waals surface area (Å²) in [7, 11) is 5.33. The van der Waals surface area contributed by atoms with Crippen LogP contribution in [-0.2, 0) is 20.8 Å². The summed E-state index contributed by atoms with van der Waals surface area (Å²) in [6.07, 6.45) is 15.1. The lowest BCUT2D eigenvalue weighted by molar-refractivity contribution is -0.172. The molecule has 16 heteroatoms. The number of ether oxygens (including phenoxy) is 3. The van der Waals surface area contributed by atoms with Gasteiger partial charge in [-0.15, -0.1) is 0 Å². The van der Waals surface area contributed by atoms with Gasteiger partial charge >= 0.3 is 5.97 Å². The first-order chi connectivity index (χ1) is 29.4. The number of phenols is 1. The number of epoxide rings is 1. The van der Waals surface area contributed by atoms with Gasteiger partial charge in [0.2, 0.25) is 0 Å². The van der Waals surface area contributed by atoms with E-state index in [1.54, 1.807) is 34.6 Å². The molecular formula is C45H53N7O7S2. The third-order valence-electron chi connectivity index (χ3n) is 13.5. The van der Waals surface area contributed by atoms with E-state index >= 15 is 0 Å². The number of H-pyrrole nitrogens is 1. The van der Waals surface area contributed by atoms with Crippen LogP contribution in [-0.4, -0.2) is 81.2 Å². The highest BCUT2D eigenvalue weighted by Gasteiger charge is 2.65. The number of rotatable bonds is 4. The number of dihydropyridines is 2. The highest BCUT2D eigenvalue weighted by atomic mass is 33.1. The van der Waals surface area contributed by atoms with Crippen molar-refractivity contribution in [2.45, 2.75) is 100 Å². The Bertz CT molecular complexity index is 2580. The van der Waals surface area contributed by atoms with Crippen LogP contribution in [0.25, 0.3) is 21.9 Å². The minimum absolute atomic E-state index is 0.0612. The zero-order valence-electron chi connectivity index (χ0n) is 34.5. The van der Waals surface area contributed by atoms with Crippen molar-refractivity contribution >= 4 is 49.4 Å². The monoisotopic (exact) mass is 867 g/mol. The van der Waals surface area contributed by atoms with Crippen molar-refractivity contribution in [3.05, 3.63) is 105 Å². The number of aromatic amines is 1. The highest BCUT2D eigenvalue weighted by Crippen LogP contribution is 2.55. The molecule has 8 atom stereocenters. The molecule has 14 nitrogen and oxygen atoms in total. The molecule has 9 N–H and O–H groups in total. The van der Waals surface area contributed by atoms with Crippen molar-refractivity contribution in [3.8, 4) is 11.5 Å². The van der Waals surface area contributed by atoms with Crippen LogP contribution in [0.15, 0.2) is 92.6 Å². The molecule has 10 rings (SSSR count). The van der Waals surface area contributed by atoms with Crippen LogP contribution in [0.1, 0.15) is 62.7 Å². The molecule has 0 aliphatic carbocycles. The number of carbonyl (C=O) groups excluding carboxylic acids is 1. The van der Waals surface area contributed by atoms with Crippen molar-refractivity contribution in [3.63, 3.8) is 0 Å². The predicted molar refractivity (Wildman–Crippen MR) is 238 cm³/mol. The van der Waals surface area contributed by atoms with Gasteiger partial charge in [0.25, 0.3) is 0 Å². The Morgan fingerprint density at radius 3 is 2.80 bits per heavy atom. The lowest BCUT2D eigenvalue weighted by atomic mass is 9.74. The lowest BCUT2D eigenvalue weighted by Gasteiger charge is -2.46. The molecule has 0 amide bonds. The zero-order valence-corrected chi connectivity index (χ0v) is 36.2. The molecule has 9 heterocycles. The number of aromatic nitrogens is 2. The van der Waals surface area contributed by atoms with E-state index in [0.29, 0.717) is 91.8 Å². The molecule has 0 radical (unpaired) electrons. The first-order valence-electron chi connectivity index (χ1n) is 21.2. The fourth-order valence-electron chi connectivity index (χ4n) is 10.4. The van der Waals surface area contributed by atoms with Crippen LogP contribution in [0.4, 0.5) is 0 Å². The lowest BCUT2D eigenvalue weighted by Crippen LogP contribution is -2.54. The van der Waals surface area contributed by atoms with E-state index in [1.165, 1.54) is 6.07 Å². The summed E-state index contributed by atoms with van der Waals surface area (Å²) in [5.41, 5.74) is 16.1. The normalized spacial score (nSPS) is 31.5. The maximum atomic E-state index is 14.7. The summed E-state index contributed by atoms with van der Waals surface area (Å²) < 4.78 is 28.3. The third-order valence-corrected chi connectivity index (χ3v) is 15.8. The van der Waals surface area contributed by atoms with Crippen molar-refractivity contribution in [1.29, 1.82) is 0 Å². The number of carbonyl (C=O) groups is 1. The Balaban J connectivity index is 1.02. The molecule has 4 bridgehead atoms. The van der Waals surface area contributed by atoms with Crippen LogP contribution >= 0.6 is 21.6 Å². The molecule has 2 saturated heterocycles. The summed E-state index contributed by atoms with van der Waals surface area (Å²) in [4.78, 5) is 31.3. The number of phenolic OH excluding ortho intramolecular Hbond substituents is 1. The number of hydrogen-bond donors (Lipinski definition) is 7. The second kappa shape index (κ2) is 15.5. The molecule has 61 heavy (non-hydrogen) atoms. The van der Waals surface area contributed by atoms with Crippen LogP contribution in [0, 0.1) is 12.8 Å². The van der Waals surface area contributed by atoms with Gasteiger partial charge in [0, 0.05) is 77.6 Å². The number of aromatic hydroxyl groups is 1. The average molecular weight is 868 g/mol. The first kappa shape index (κ1) is 40.2. The van der Waals surface area contributed by atoms with Gasteiger partial charge < -0.3 is 60.7 Å². The summed E-state index contributed by atoms with van der Waals surface area (Å²) in [5.74, 6) is 2.40. The number of nitrogens with two attached hydrogens (primary N) is 2. The number of aryl methyl sites for hydroxylation is 1. The molecule has 1 spiro atoms. The Morgan fingerprint density at radius 1 is 1.10 bits per heavy atom. The quantitative estimate of drug-likeness (QED) is 0.0777. The molecule has 0 saturated carbocycles. The van der Waals surface area contributed by atoms with Gasteiger partial charge in [-0.1, -0.05) is 33.7 Å². The third kappa shape index (κ3) is 7.28. The fraction of sp³-hybridized carbons (Fsp3) is 0.467. The Morgan fingerprint density at radius 2 is 1.97 bits per heavy atom. The van der Waals surface area contributed by atoms with Crippen LogP contribution < -0.4 is 37.6 Å². The molecule has 322 valence electrons. The molecule has 1 aromatic carbocycles. The van der Waals surface area contributed by atoms with E-state index in [1.807, 2.05) is 26.2 Å². The number of benzene rings is 1. The number of nitrogens with zero attached hydrogens (tertiary/aromatic N) is 1. The fourth-order valence-corrected chi connectivity index (χ4v) is 12.8. The van der Waals surface area contributed by atoms with Crippen LogP contribution in [0.5, 0.6) is 11.5 Å². The van der Waals surface area contributed by atoms with E-state index in [0.717, 1.165) is 27.6 Å². The number of fused-ring (bicyclic) bond motifs is 8. The maximum absolute atomic E-state index is 14.7. The number of esters is 1. The number of nitrogens with one attached hydrogen (secondary N) is 4. The van der Waals surface area contributed by atoms with Crippen molar-refractivity contribution in [2.24, 2.45) is 17.4 Å². The largest absolute Gasteiger partial charge is 0.507 e. The van der Waals surface area contributed by atoms with E-state index in [4.69, 9.17) is 30.1 Å². The zero-order chi connectivity index (χ0) is 42.2. The van der Waals surface area contributed by atoms with Gasteiger partial charge in [-0.3, -0.25) is 4.79 Å². The second-order valence-electron chi connectivity index (χ2n) is 17.7. The smallest absolute Gasteiger partial charge is 0.341 e. The second-order valence-corrected chi connectivity index (χ2v) is 20.3. The Labute approximate surface area is 361 Å². The van der Waals surface area contributed by atoms with E-state index in [9.17, 15) is 14.7 Å². The minimum atomic E-state index is -1.11. The molecular weight excluding hydrogens is 815 g/mol. The summed E-state index contributed by atoms with van der Waals surface area (Å²) >= 11 is 0.